The van der Waals surface area contributed by atoms with E-state index in [9.17, 15) is 4.79 Å². The Morgan fingerprint density at radius 3 is 2.10 bits per heavy atom. The SMILES string of the molecule is CC(=O)c1cc(Br)c(C)c(C)c1O[Si](C)(C)C(C)(C)C. The van der Waals surface area contributed by atoms with Crippen LogP contribution in [0.2, 0.25) is 18.1 Å². The fraction of sp³-hybridized carbons (Fsp3) is 0.562. The molecule has 1 aromatic rings. The first-order valence-corrected chi connectivity index (χ1v) is 10.6. The van der Waals surface area contributed by atoms with Crippen LogP contribution in [0.25, 0.3) is 0 Å². The van der Waals surface area contributed by atoms with Crippen LogP contribution in [-0.2, 0) is 0 Å². The van der Waals surface area contributed by atoms with Gasteiger partial charge in [0.25, 0.3) is 8.32 Å². The second-order valence-corrected chi connectivity index (χ2v) is 12.5. The lowest BCUT2D eigenvalue weighted by Crippen LogP contribution is -2.44. The third-order valence-corrected chi connectivity index (χ3v) is 9.47. The molecule has 20 heavy (non-hydrogen) atoms. The summed E-state index contributed by atoms with van der Waals surface area (Å²) in [7, 11) is -1.96. The van der Waals surface area contributed by atoms with E-state index >= 15 is 0 Å². The Morgan fingerprint density at radius 2 is 1.70 bits per heavy atom. The van der Waals surface area contributed by atoms with Gasteiger partial charge in [0.15, 0.2) is 5.78 Å². The summed E-state index contributed by atoms with van der Waals surface area (Å²) >= 11 is 3.52. The maximum absolute atomic E-state index is 11.9. The van der Waals surface area contributed by atoms with Gasteiger partial charge in [-0.3, -0.25) is 4.79 Å². The first-order valence-electron chi connectivity index (χ1n) is 6.88. The van der Waals surface area contributed by atoms with E-state index in [0.717, 1.165) is 21.3 Å². The van der Waals surface area contributed by atoms with Crippen LogP contribution >= 0.6 is 15.9 Å². The van der Waals surface area contributed by atoms with Gasteiger partial charge in [-0.25, -0.2) is 0 Å². The smallest absolute Gasteiger partial charge is 0.250 e. The Hall–Kier alpha value is -0.613. The molecule has 0 spiro atoms. The molecule has 0 aliphatic carbocycles. The lowest BCUT2D eigenvalue weighted by Gasteiger charge is -2.37. The van der Waals surface area contributed by atoms with Gasteiger partial charge in [0.1, 0.15) is 5.75 Å². The van der Waals surface area contributed by atoms with Crippen molar-refractivity contribution in [1.29, 1.82) is 0 Å². The Morgan fingerprint density at radius 1 is 1.20 bits per heavy atom. The Bertz CT molecular complexity index is 542. The largest absolute Gasteiger partial charge is 0.543 e. The average molecular weight is 357 g/mol. The third kappa shape index (κ3) is 3.34. The zero-order valence-corrected chi connectivity index (χ0v) is 16.4. The normalized spacial score (nSPS) is 12.4. The highest BCUT2D eigenvalue weighted by atomic mass is 79.9. The number of hydrogen-bond donors (Lipinski definition) is 0. The minimum Gasteiger partial charge on any atom is -0.543 e. The molecule has 0 saturated heterocycles. The number of hydrogen-bond acceptors (Lipinski definition) is 2. The van der Waals surface area contributed by atoms with Gasteiger partial charge in [-0.15, -0.1) is 0 Å². The summed E-state index contributed by atoms with van der Waals surface area (Å²) in [5.74, 6) is 0.812. The van der Waals surface area contributed by atoms with Gasteiger partial charge in [0, 0.05) is 4.47 Å². The molecule has 0 saturated carbocycles. The molecule has 0 radical (unpaired) electrons. The van der Waals surface area contributed by atoms with Crippen LogP contribution in [0.1, 0.15) is 49.2 Å². The van der Waals surface area contributed by atoms with Crippen molar-refractivity contribution in [2.24, 2.45) is 0 Å². The summed E-state index contributed by atoms with van der Waals surface area (Å²) in [6.45, 7) is 16.7. The van der Waals surface area contributed by atoms with Crippen LogP contribution in [0.5, 0.6) is 5.75 Å². The number of Topliss-reactive ketones (excluding diaryl/α,β-unsaturated/α-hetero) is 1. The first kappa shape index (κ1) is 17.4. The van der Waals surface area contributed by atoms with E-state index in [2.05, 4.69) is 49.8 Å². The second-order valence-electron chi connectivity index (χ2n) is 6.90. The highest BCUT2D eigenvalue weighted by Crippen LogP contribution is 2.41. The van der Waals surface area contributed by atoms with E-state index in [4.69, 9.17) is 4.43 Å². The predicted octanol–water partition coefficient (Wildman–Crippen LogP) is 5.65. The molecule has 0 heterocycles. The summed E-state index contributed by atoms with van der Waals surface area (Å²) < 4.78 is 7.38. The second kappa shape index (κ2) is 5.64. The van der Waals surface area contributed by atoms with E-state index in [1.165, 1.54) is 0 Å². The van der Waals surface area contributed by atoms with Crippen LogP contribution in [-0.4, -0.2) is 14.1 Å². The molecule has 0 atom stereocenters. The minimum atomic E-state index is -1.96. The van der Waals surface area contributed by atoms with E-state index in [-0.39, 0.29) is 10.8 Å². The predicted molar refractivity (Wildman–Crippen MR) is 91.4 cm³/mol. The van der Waals surface area contributed by atoms with Crippen LogP contribution in [0.4, 0.5) is 0 Å². The molecule has 0 bridgehead atoms. The van der Waals surface area contributed by atoms with Gasteiger partial charge < -0.3 is 4.43 Å². The Kier molecular flexibility index (Phi) is 4.92. The van der Waals surface area contributed by atoms with E-state index in [1.54, 1.807) is 6.92 Å². The molecule has 0 aliphatic rings. The summed E-state index contributed by atoms with van der Waals surface area (Å²) in [5.41, 5.74) is 2.85. The molecule has 0 aromatic heterocycles. The number of benzene rings is 1. The van der Waals surface area contributed by atoms with Crippen molar-refractivity contribution in [2.75, 3.05) is 0 Å². The van der Waals surface area contributed by atoms with Crippen LogP contribution in [0.3, 0.4) is 0 Å². The van der Waals surface area contributed by atoms with Crippen LogP contribution in [0.15, 0.2) is 10.5 Å². The van der Waals surface area contributed by atoms with Gasteiger partial charge in [-0.1, -0.05) is 36.7 Å². The van der Waals surface area contributed by atoms with Crippen molar-refractivity contribution in [3.63, 3.8) is 0 Å². The quantitative estimate of drug-likeness (QED) is 0.516. The lowest BCUT2D eigenvalue weighted by molar-refractivity contribution is 0.101. The third-order valence-electron chi connectivity index (χ3n) is 4.32. The molecular formula is C16H25BrO2Si. The first-order chi connectivity index (χ1) is 8.88. The summed E-state index contributed by atoms with van der Waals surface area (Å²) in [6, 6.07) is 1.88. The van der Waals surface area contributed by atoms with Gasteiger partial charge in [-0.2, -0.15) is 0 Å². The fourth-order valence-electron chi connectivity index (χ4n) is 1.65. The number of rotatable bonds is 3. The van der Waals surface area contributed by atoms with E-state index in [0.29, 0.717) is 5.56 Å². The molecular weight excluding hydrogens is 332 g/mol. The highest BCUT2D eigenvalue weighted by molar-refractivity contribution is 9.10. The van der Waals surface area contributed by atoms with E-state index < -0.39 is 8.32 Å². The molecule has 1 rings (SSSR count). The van der Waals surface area contributed by atoms with Gasteiger partial charge in [0.2, 0.25) is 0 Å². The van der Waals surface area contributed by atoms with Crippen molar-refractivity contribution in [2.45, 2.75) is 59.7 Å². The molecule has 2 nitrogen and oxygen atoms in total. The molecule has 4 heteroatoms. The maximum atomic E-state index is 11.9. The number of ketones is 1. The fourth-order valence-corrected chi connectivity index (χ4v) is 3.26. The molecule has 0 unspecified atom stereocenters. The summed E-state index contributed by atoms with van der Waals surface area (Å²) in [4.78, 5) is 11.9. The van der Waals surface area contributed by atoms with Crippen LogP contribution in [0, 0.1) is 13.8 Å². The van der Waals surface area contributed by atoms with E-state index in [1.807, 2.05) is 19.9 Å². The molecule has 0 N–H and O–H groups in total. The zero-order chi connectivity index (χ0) is 15.9. The number of halogens is 1. The lowest BCUT2D eigenvalue weighted by atomic mass is 10.0. The summed E-state index contributed by atoms with van der Waals surface area (Å²) in [5, 5.41) is 0.106. The van der Waals surface area contributed by atoms with Gasteiger partial charge >= 0.3 is 0 Å². The Balaban J connectivity index is 3.45. The van der Waals surface area contributed by atoms with Crippen molar-refractivity contribution >= 4 is 30.0 Å². The van der Waals surface area contributed by atoms with Gasteiger partial charge in [0.05, 0.1) is 5.56 Å². The number of carbonyl (C=O) groups is 1. The molecule has 112 valence electrons. The minimum absolute atomic E-state index is 0.0440. The van der Waals surface area contributed by atoms with Crippen LogP contribution < -0.4 is 4.43 Å². The maximum Gasteiger partial charge on any atom is 0.250 e. The summed E-state index contributed by atoms with van der Waals surface area (Å²) in [6.07, 6.45) is 0. The average Bonchev–Trinajstić information content (AvgIpc) is 2.27. The van der Waals surface area contributed by atoms with Crippen molar-refractivity contribution in [3.8, 4) is 5.75 Å². The zero-order valence-electron chi connectivity index (χ0n) is 13.8. The van der Waals surface area contributed by atoms with Crippen molar-refractivity contribution < 1.29 is 9.22 Å². The molecule has 0 aliphatic heterocycles. The van der Waals surface area contributed by atoms with Crippen molar-refractivity contribution in [1.82, 2.24) is 0 Å². The van der Waals surface area contributed by atoms with Crippen molar-refractivity contribution in [3.05, 3.63) is 27.2 Å². The Labute approximate surface area is 132 Å². The topological polar surface area (TPSA) is 26.3 Å². The molecule has 0 amide bonds. The van der Waals surface area contributed by atoms with Gasteiger partial charge in [-0.05, 0) is 56.1 Å². The monoisotopic (exact) mass is 356 g/mol. The highest BCUT2D eigenvalue weighted by Gasteiger charge is 2.40. The molecule has 0 fully saturated rings. The molecule has 1 aromatic carbocycles. The number of carbonyl (C=O) groups excluding carboxylic acids is 1. The standard InChI is InChI=1S/C16H25BrO2Si/c1-10-11(2)15(13(12(3)18)9-14(10)17)19-20(7,8)16(4,5)6/h9H,1-8H3.